The lowest BCUT2D eigenvalue weighted by Crippen LogP contribution is -2.35. The molecule has 0 aliphatic rings. The lowest BCUT2D eigenvalue weighted by atomic mass is 10.4. The number of hydrogen-bond donors (Lipinski definition) is 1. The van der Waals surface area contributed by atoms with Crippen molar-refractivity contribution in [3.63, 3.8) is 0 Å². The van der Waals surface area contributed by atoms with Crippen LogP contribution in [0.25, 0.3) is 0 Å². The van der Waals surface area contributed by atoms with Crippen molar-refractivity contribution in [1.82, 2.24) is 9.88 Å². The number of amides is 2. The van der Waals surface area contributed by atoms with Gasteiger partial charge in [0, 0.05) is 18.8 Å². The molecule has 1 N–H and O–H groups in total. The normalized spacial score (nSPS) is 9.94. The summed E-state index contributed by atoms with van der Waals surface area (Å²) < 4.78 is 0. The molecule has 0 aliphatic carbocycles. The summed E-state index contributed by atoms with van der Waals surface area (Å²) in [7, 11) is 0. The highest BCUT2D eigenvalue weighted by atomic mass is 16.2. The number of nitrogens with zero attached hydrogens (tertiary/aromatic N) is 2. The van der Waals surface area contributed by atoms with Crippen LogP contribution in [0.5, 0.6) is 0 Å². The Kier molecular flexibility index (Phi) is 4.76. The van der Waals surface area contributed by atoms with E-state index in [1.54, 1.807) is 11.0 Å². The summed E-state index contributed by atoms with van der Waals surface area (Å²) in [5.41, 5.74) is 0.899. The predicted octanol–water partition coefficient (Wildman–Crippen LogP) is 2.65. The molecule has 0 aromatic carbocycles. The third kappa shape index (κ3) is 3.53. The van der Waals surface area contributed by atoms with Gasteiger partial charge in [-0.15, -0.1) is 0 Å². The molecule has 88 valence electrons. The molecule has 1 rings (SSSR count). The van der Waals surface area contributed by atoms with E-state index in [0.29, 0.717) is 12.4 Å². The first-order valence-electron chi connectivity index (χ1n) is 5.67. The van der Waals surface area contributed by atoms with Crippen LogP contribution in [0.2, 0.25) is 0 Å². The topological polar surface area (TPSA) is 45.2 Å². The molecule has 0 saturated heterocycles. The smallest absolute Gasteiger partial charge is 0.322 e. The maximum atomic E-state index is 11.8. The molecule has 1 aromatic rings. The molecule has 16 heavy (non-hydrogen) atoms. The highest BCUT2D eigenvalue weighted by Gasteiger charge is 2.10. The molecule has 0 radical (unpaired) electrons. The molecule has 2 amide bonds. The van der Waals surface area contributed by atoms with Crippen LogP contribution in [0.4, 0.5) is 10.6 Å². The Balaban J connectivity index is 2.62. The van der Waals surface area contributed by atoms with Crippen molar-refractivity contribution in [2.24, 2.45) is 0 Å². The quantitative estimate of drug-likeness (QED) is 0.849. The first-order valence-corrected chi connectivity index (χ1v) is 5.67. The molecule has 0 saturated carbocycles. The third-order valence-corrected chi connectivity index (χ3v) is 2.29. The van der Waals surface area contributed by atoms with Crippen molar-refractivity contribution in [2.45, 2.75) is 27.2 Å². The minimum atomic E-state index is -0.0811. The zero-order chi connectivity index (χ0) is 12.0. The summed E-state index contributed by atoms with van der Waals surface area (Å²) in [5, 5.41) is 2.79. The highest BCUT2D eigenvalue weighted by molar-refractivity contribution is 5.88. The molecule has 1 heterocycles. The van der Waals surface area contributed by atoms with Crippen molar-refractivity contribution in [3.05, 3.63) is 23.9 Å². The van der Waals surface area contributed by atoms with Crippen LogP contribution >= 0.6 is 0 Å². The first-order chi connectivity index (χ1) is 7.67. The Bertz CT molecular complexity index is 352. The molecular weight excluding hydrogens is 202 g/mol. The number of pyridine rings is 1. The van der Waals surface area contributed by atoms with Gasteiger partial charge < -0.3 is 4.90 Å². The van der Waals surface area contributed by atoms with Crippen molar-refractivity contribution < 1.29 is 4.79 Å². The second-order valence-electron chi connectivity index (χ2n) is 3.67. The van der Waals surface area contributed by atoms with Crippen LogP contribution in [0, 0.1) is 6.92 Å². The van der Waals surface area contributed by atoms with Gasteiger partial charge in [0.2, 0.25) is 0 Å². The van der Waals surface area contributed by atoms with Gasteiger partial charge in [-0.1, -0.05) is 13.0 Å². The van der Waals surface area contributed by atoms with Crippen LogP contribution in [-0.4, -0.2) is 29.0 Å². The molecule has 0 atom stereocenters. The third-order valence-electron chi connectivity index (χ3n) is 2.29. The Labute approximate surface area is 96.7 Å². The van der Waals surface area contributed by atoms with Crippen LogP contribution in [0.15, 0.2) is 18.2 Å². The minimum absolute atomic E-state index is 0.0811. The van der Waals surface area contributed by atoms with Crippen molar-refractivity contribution >= 4 is 11.8 Å². The SMILES string of the molecule is CCCN(CC)C(=O)Nc1cccc(C)n1. The lowest BCUT2D eigenvalue weighted by Gasteiger charge is -2.20. The molecule has 0 aliphatic heterocycles. The van der Waals surface area contributed by atoms with E-state index >= 15 is 0 Å². The van der Waals surface area contributed by atoms with E-state index in [-0.39, 0.29) is 6.03 Å². The number of anilines is 1. The predicted molar refractivity (Wildman–Crippen MR) is 65.5 cm³/mol. The number of hydrogen-bond acceptors (Lipinski definition) is 2. The zero-order valence-corrected chi connectivity index (χ0v) is 10.2. The first kappa shape index (κ1) is 12.5. The summed E-state index contributed by atoms with van der Waals surface area (Å²) >= 11 is 0. The standard InChI is InChI=1S/C12H19N3O/c1-4-9-15(5-2)12(16)14-11-8-6-7-10(3)13-11/h6-8H,4-5,9H2,1-3H3,(H,13,14,16). The van der Waals surface area contributed by atoms with Gasteiger partial charge in [-0.25, -0.2) is 9.78 Å². The van der Waals surface area contributed by atoms with Gasteiger partial charge in [-0.2, -0.15) is 0 Å². The molecule has 0 unspecified atom stereocenters. The van der Waals surface area contributed by atoms with Crippen LogP contribution in [-0.2, 0) is 0 Å². The fourth-order valence-corrected chi connectivity index (χ4v) is 1.47. The monoisotopic (exact) mass is 221 g/mol. The van der Waals surface area contributed by atoms with Gasteiger partial charge in [0.15, 0.2) is 0 Å². The van der Waals surface area contributed by atoms with Crippen molar-refractivity contribution in [1.29, 1.82) is 0 Å². The number of aryl methyl sites for hydroxylation is 1. The van der Waals surface area contributed by atoms with Gasteiger partial charge in [0.05, 0.1) is 0 Å². The van der Waals surface area contributed by atoms with Gasteiger partial charge in [0.25, 0.3) is 0 Å². The van der Waals surface area contributed by atoms with E-state index in [0.717, 1.165) is 18.7 Å². The van der Waals surface area contributed by atoms with Crippen LogP contribution in [0.1, 0.15) is 26.0 Å². The maximum Gasteiger partial charge on any atom is 0.322 e. The largest absolute Gasteiger partial charge is 0.325 e. The molecule has 0 spiro atoms. The highest BCUT2D eigenvalue weighted by Crippen LogP contribution is 2.05. The van der Waals surface area contributed by atoms with E-state index < -0.39 is 0 Å². The summed E-state index contributed by atoms with van der Waals surface area (Å²) in [6.07, 6.45) is 0.961. The van der Waals surface area contributed by atoms with Crippen LogP contribution in [0.3, 0.4) is 0 Å². The number of carbonyl (C=O) groups excluding carboxylic acids is 1. The Morgan fingerprint density at radius 1 is 1.44 bits per heavy atom. The van der Waals surface area contributed by atoms with E-state index in [9.17, 15) is 4.79 Å². The molecule has 4 heteroatoms. The van der Waals surface area contributed by atoms with Gasteiger partial charge >= 0.3 is 6.03 Å². The molecular formula is C12H19N3O. The number of urea groups is 1. The Morgan fingerprint density at radius 2 is 2.19 bits per heavy atom. The van der Waals surface area contributed by atoms with Gasteiger partial charge in [-0.05, 0) is 32.4 Å². The Morgan fingerprint density at radius 3 is 2.75 bits per heavy atom. The molecule has 0 fully saturated rings. The van der Waals surface area contributed by atoms with Crippen molar-refractivity contribution in [3.8, 4) is 0 Å². The fourth-order valence-electron chi connectivity index (χ4n) is 1.47. The lowest BCUT2D eigenvalue weighted by molar-refractivity contribution is 0.214. The number of carbonyl (C=O) groups is 1. The minimum Gasteiger partial charge on any atom is -0.325 e. The number of rotatable bonds is 4. The summed E-state index contributed by atoms with van der Waals surface area (Å²) in [6.45, 7) is 7.42. The summed E-state index contributed by atoms with van der Waals surface area (Å²) in [4.78, 5) is 17.8. The molecule has 4 nitrogen and oxygen atoms in total. The summed E-state index contributed by atoms with van der Waals surface area (Å²) in [6, 6.07) is 5.50. The average molecular weight is 221 g/mol. The fraction of sp³-hybridized carbons (Fsp3) is 0.500. The summed E-state index contributed by atoms with van der Waals surface area (Å²) in [5.74, 6) is 0.611. The van der Waals surface area contributed by atoms with Gasteiger partial charge in [0.1, 0.15) is 5.82 Å². The molecule has 1 aromatic heterocycles. The van der Waals surface area contributed by atoms with Crippen LogP contribution < -0.4 is 5.32 Å². The number of aromatic nitrogens is 1. The number of nitrogens with one attached hydrogen (secondary N) is 1. The maximum absolute atomic E-state index is 11.8. The van der Waals surface area contributed by atoms with E-state index in [4.69, 9.17) is 0 Å². The van der Waals surface area contributed by atoms with E-state index in [2.05, 4.69) is 17.2 Å². The van der Waals surface area contributed by atoms with E-state index in [1.807, 2.05) is 26.0 Å². The average Bonchev–Trinajstić information content (AvgIpc) is 2.25. The van der Waals surface area contributed by atoms with E-state index in [1.165, 1.54) is 0 Å². The second-order valence-corrected chi connectivity index (χ2v) is 3.67. The molecule has 0 bridgehead atoms. The van der Waals surface area contributed by atoms with Crippen molar-refractivity contribution in [2.75, 3.05) is 18.4 Å². The van der Waals surface area contributed by atoms with Gasteiger partial charge in [-0.3, -0.25) is 5.32 Å². The second kappa shape index (κ2) is 6.10. The Hall–Kier alpha value is -1.58. The zero-order valence-electron chi connectivity index (χ0n) is 10.2.